The second-order valence-electron chi connectivity index (χ2n) is 3.84. The summed E-state index contributed by atoms with van der Waals surface area (Å²) in [6, 6.07) is 12.0. The molecule has 0 aliphatic heterocycles. The van der Waals surface area contributed by atoms with Crippen LogP contribution in [0.5, 0.6) is 5.75 Å². The quantitative estimate of drug-likeness (QED) is 0.912. The zero-order chi connectivity index (χ0) is 13.7. The van der Waals surface area contributed by atoms with Gasteiger partial charge in [0.2, 0.25) is 0 Å². The molecule has 2 rings (SSSR count). The van der Waals surface area contributed by atoms with Gasteiger partial charge in [-0.3, -0.25) is 4.79 Å². The van der Waals surface area contributed by atoms with Gasteiger partial charge in [0.15, 0.2) is 12.4 Å². The van der Waals surface area contributed by atoms with Crippen LogP contribution in [-0.2, 0) is 0 Å². The van der Waals surface area contributed by atoms with Crippen LogP contribution in [-0.4, -0.2) is 12.5 Å². The number of carbonyl (C=O) groups excluding carboxylic acids is 1. The topological polar surface area (TPSA) is 75.3 Å². The van der Waals surface area contributed by atoms with Crippen molar-refractivity contribution in [1.82, 2.24) is 0 Å². The number of amides is 1. The lowest BCUT2D eigenvalue weighted by atomic mass is 10.3. The number of hydrogen-bond acceptors (Lipinski definition) is 4. The predicted octanol–water partition coefficient (Wildman–Crippen LogP) is 2.74. The number of anilines is 1. The van der Waals surface area contributed by atoms with E-state index in [1.165, 1.54) is 0 Å². The van der Waals surface area contributed by atoms with E-state index >= 15 is 0 Å². The van der Waals surface area contributed by atoms with Crippen LogP contribution >= 0.6 is 0 Å². The van der Waals surface area contributed by atoms with Gasteiger partial charge in [-0.15, -0.1) is 0 Å². The molecule has 19 heavy (non-hydrogen) atoms. The van der Waals surface area contributed by atoms with Gasteiger partial charge in [-0.1, -0.05) is 6.07 Å². The lowest BCUT2D eigenvalue weighted by molar-refractivity contribution is 0.0995. The van der Waals surface area contributed by atoms with E-state index in [0.717, 1.165) is 0 Å². The third-order valence-corrected chi connectivity index (χ3v) is 2.36. The molecule has 2 aromatic rings. The van der Waals surface area contributed by atoms with E-state index in [4.69, 9.17) is 14.4 Å². The van der Waals surface area contributed by atoms with Gasteiger partial charge in [0.1, 0.15) is 17.6 Å². The SMILES string of the molecule is Cc1ccc(C(=O)Nc2cccc(OCC#N)c2)o1. The van der Waals surface area contributed by atoms with Crippen molar-refractivity contribution in [1.29, 1.82) is 5.26 Å². The molecule has 5 heteroatoms. The highest BCUT2D eigenvalue weighted by molar-refractivity contribution is 6.02. The maximum atomic E-state index is 11.9. The van der Waals surface area contributed by atoms with Crippen LogP contribution in [0, 0.1) is 18.3 Å². The van der Waals surface area contributed by atoms with E-state index in [1.54, 1.807) is 43.3 Å². The van der Waals surface area contributed by atoms with Crippen molar-refractivity contribution in [3.8, 4) is 11.8 Å². The Morgan fingerprint density at radius 2 is 2.26 bits per heavy atom. The summed E-state index contributed by atoms with van der Waals surface area (Å²) in [5.74, 6) is 1.12. The van der Waals surface area contributed by atoms with Crippen LogP contribution < -0.4 is 10.1 Å². The van der Waals surface area contributed by atoms with Crippen molar-refractivity contribution in [3.05, 3.63) is 47.9 Å². The highest BCUT2D eigenvalue weighted by atomic mass is 16.5. The zero-order valence-electron chi connectivity index (χ0n) is 10.3. The number of ether oxygens (including phenoxy) is 1. The van der Waals surface area contributed by atoms with Crippen molar-refractivity contribution >= 4 is 11.6 Å². The lowest BCUT2D eigenvalue weighted by Gasteiger charge is -2.06. The van der Waals surface area contributed by atoms with Crippen molar-refractivity contribution in [2.24, 2.45) is 0 Å². The Kier molecular flexibility index (Phi) is 3.84. The van der Waals surface area contributed by atoms with E-state index in [0.29, 0.717) is 17.2 Å². The van der Waals surface area contributed by atoms with Crippen molar-refractivity contribution in [2.45, 2.75) is 6.92 Å². The Hall–Kier alpha value is -2.74. The molecule has 5 nitrogen and oxygen atoms in total. The summed E-state index contributed by atoms with van der Waals surface area (Å²) < 4.78 is 10.4. The fourth-order valence-electron chi connectivity index (χ4n) is 1.53. The Labute approximate surface area is 110 Å². The van der Waals surface area contributed by atoms with Gasteiger partial charge in [0, 0.05) is 11.8 Å². The fraction of sp³-hybridized carbons (Fsp3) is 0.143. The fourth-order valence-corrected chi connectivity index (χ4v) is 1.53. The molecule has 96 valence electrons. The van der Waals surface area contributed by atoms with E-state index in [-0.39, 0.29) is 18.3 Å². The van der Waals surface area contributed by atoms with Gasteiger partial charge in [-0.25, -0.2) is 0 Å². The smallest absolute Gasteiger partial charge is 0.291 e. The third-order valence-electron chi connectivity index (χ3n) is 2.36. The van der Waals surface area contributed by atoms with Crippen molar-refractivity contribution in [3.63, 3.8) is 0 Å². The Bertz CT molecular complexity index is 626. The molecule has 0 unspecified atom stereocenters. The molecule has 0 aliphatic carbocycles. The molecule has 0 atom stereocenters. The molecule has 0 aliphatic rings. The lowest BCUT2D eigenvalue weighted by Crippen LogP contribution is -2.10. The summed E-state index contributed by atoms with van der Waals surface area (Å²) in [6.07, 6.45) is 0. The third kappa shape index (κ3) is 3.36. The Morgan fingerprint density at radius 1 is 1.42 bits per heavy atom. The normalized spacial score (nSPS) is 9.68. The summed E-state index contributed by atoms with van der Waals surface area (Å²) in [6.45, 7) is 1.74. The van der Waals surface area contributed by atoms with Crippen molar-refractivity contribution < 1.29 is 13.9 Å². The first-order valence-corrected chi connectivity index (χ1v) is 5.66. The van der Waals surface area contributed by atoms with Crippen LogP contribution in [0.2, 0.25) is 0 Å². The van der Waals surface area contributed by atoms with E-state index in [9.17, 15) is 4.79 Å². The first-order valence-electron chi connectivity index (χ1n) is 5.66. The largest absolute Gasteiger partial charge is 0.479 e. The maximum Gasteiger partial charge on any atom is 0.291 e. The number of benzene rings is 1. The molecule has 1 amide bonds. The second kappa shape index (κ2) is 5.74. The summed E-state index contributed by atoms with van der Waals surface area (Å²) >= 11 is 0. The summed E-state index contributed by atoms with van der Waals surface area (Å²) in [7, 11) is 0. The van der Waals surface area contributed by atoms with E-state index in [1.807, 2.05) is 6.07 Å². The summed E-state index contributed by atoms with van der Waals surface area (Å²) in [5, 5.41) is 11.1. The molecular weight excluding hydrogens is 244 g/mol. The number of nitriles is 1. The molecule has 0 saturated carbocycles. The van der Waals surface area contributed by atoms with Crippen LogP contribution in [0.4, 0.5) is 5.69 Å². The van der Waals surface area contributed by atoms with E-state index < -0.39 is 0 Å². The first kappa shape index (κ1) is 12.7. The molecule has 0 radical (unpaired) electrons. The molecule has 0 saturated heterocycles. The minimum Gasteiger partial charge on any atom is -0.479 e. The van der Waals surface area contributed by atoms with Crippen LogP contribution in [0.25, 0.3) is 0 Å². The number of furan rings is 1. The van der Waals surface area contributed by atoms with Crippen LogP contribution in [0.3, 0.4) is 0 Å². The van der Waals surface area contributed by atoms with Crippen molar-refractivity contribution in [2.75, 3.05) is 11.9 Å². The Morgan fingerprint density at radius 3 is 2.95 bits per heavy atom. The summed E-state index contributed by atoms with van der Waals surface area (Å²) in [4.78, 5) is 11.9. The highest BCUT2D eigenvalue weighted by Gasteiger charge is 2.10. The minimum atomic E-state index is -0.328. The molecule has 1 N–H and O–H groups in total. The van der Waals surface area contributed by atoms with Gasteiger partial charge in [0.25, 0.3) is 5.91 Å². The van der Waals surface area contributed by atoms with Gasteiger partial charge in [-0.05, 0) is 31.2 Å². The van der Waals surface area contributed by atoms with Gasteiger partial charge < -0.3 is 14.5 Å². The summed E-state index contributed by atoms with van der Waals surface area (Å²) in [5.41, 5.74) is 0.578. The average molecular weight is 256 g/mol. The number of nitrogens with one attached hydrogen (secondary N) is 1. The van der Waals surface area contributed by atoms with E-state index in [2.05, 4.69) is 5.32 Å². The molecule has 1 heterocycles. The number of hydrogen-bond donors (Lipinski definition) is 1. The van der Waals surface area contributed by atoms with Crippen LogP contribution in [0.1, 0.15) is 16.3 Å². The standard InChI is InChI=1S/C14H12N2O3/c1-10-5-6-13(19-10)14(17)16-11-3-2-4-12(9-11)18-8-7-15/h2-6,9H,8H2,1H3,(H,16,17). The molecular formula is C14H12N2O3. The maximum absolute atomic E-state index is 11.9. The number of aryl methyl sites for hydroxylation is 1. The number of nitrogens with zero attached hydrogens (tertiary/aromatic N) is 1. The molecule has 0 bridgehead atoms. The minimum absolute atomic E-state index is 0.0330. The second-order valence-corrected chi connectivity index (χ2v) is 3.84. The van der Waals surface area contributed by atoms with Crippen LogP contribution in [0.15, 0.2) is 40.8 Å². The average Bonchev–Trinajstić information content (AvgIpc) is 2.83. The first-order chi connectivity index (χ1) is 9.19. The number of rotatable bonds is 4. The molecule has 1 aromatic heterocycles. The highest BCUT2D eigenvalue weighted by Crippen LogP contribution is 2.18. The Balaban J connectivity index is 2.06. The molecule has 0 fully saturated rings. The zero-order valence-corrected chi connectivity index (χ0v) is 10.3. The molecule has 0 spiro atoms. The van der Waals surface area contributed by atoms with Gasteiger partial charge >= 0.3 is 0 Å². The monoisotopic (exact) mass is 256 g/mol. The predicted molar refractivity (Wildman–Crippen MR) is 68.9 cm³/mol. The molecule has 1 aromatic carbocycles. The number of carbonyl (C=O) groups is 1. The van der Waals surface area contributed by atoms with Gasteiger partial charge in [-0.2, -0.15) is 5.26 Å². The van der Waals surface area contributed by atoms with Gasteiger partial charge in [0.05, 0.1) is 0 Å².